The zero-order valence-electron chi connectivity index (χ0n) is 15.5. The molecule has 2 atom stereocenters. The Morgan fingerprint density at radius 3 is 2.50 bits per heavy atom. The van der Waals surface area contributed by atoms with Gasteiger partial charge in [-0.2, -0.15) is 0 Å². The molecular weight excluding hydrogens is 401 g/mol. The second kappa shape index (κ2) is 8.39. The van der Waals surface area contributed by atoms with Crippen molar-refractivity contribution in [2.45, 2.75) is 31.8 Å². The summed E-state index contributed by atoms with van der Waals surface area (Å²) in [5, 5.41) is 2.36. The first-order chi connectivity index (χ1) is 13.3. The van der Waals surface area contributed by atoms with Crippen LogP contribution < -0.4 is 16.2 Å². The molecule has 0 unspecified atom stereocenters. The van der Waals surface area contributed by atoms with E-state index in [4.69, 9.17) is 33.7 Å². The van der Waals surface area contributed by atoms with E-state index in [0.717, 1.165) is 16.7 Å². The molecule has 148 valence electrons. The van der Waals surface area contributed by atoms with Gasteiger partial charge in [0.15, 0.2) is 0 Å². The summed E-state index contributed by atoms with van der Waals surface area (Å²) in [5.74, 6) is -0.957. The Kier molecular flexibility index (Phi) is 6.13. The largest absolute Gasteiger partial charge is 0.467 e. The summed E-state index contributed by atoms with van der Waals surface area (Å²) in [4.78, 5) is 24.3. The van der Waals surface area contributed by atoms with Crippen molar-refractivity contribution >= 4 is 40.8 Å². The molecule has 0 aliphatic carbocycles. The number of hydrazine groups is 1. The normalized spacial score (nSPS) is 18.4. The molecule has 8 heteroatoms. The molecule has 0 bridgehead atoms. The van der Waals surface area contributed by atoms with Crippen LogP contribution in [0.2, 0.25) is 10.0 Å². The number of nitrogens with two attached hydrogens (primary N) is 1. The van der Waals surface area contributed by atoms with Gasteiger partial charge in [-0.05, 0) is 29.7 Å². The van der Waals surface area contributed by atoms with Gasteiger partial charge >= 0.3 is 5.97 Å². The number of amides is 1. The highest BCUT2D eigenvalue weighted by Crippen LogP contribution is 2.46. The van der Waals surface area contributed by atoms with Gasteiger partial charge in [-0.15, -0.1) is 0 Å². The Labute approximate surface area is 173 Å². The molecule has 3 rings (SSSR count). The van der Waals surface area contributed by atoms with Crippen molar-refractivity contribution in [1.29, 1.82) is 0 Å². The Bertz CT molecular complexity index is 902. The molecule has 1 aliphatic heterocycles. The van der Waals surface area contributed by atoms with Crippen LogP contribution in [0.1, 0.15) is 36.0 Å². The number of nitrogens with one attached hydrogen (secondary N) is 1. The van der Waals surface area contributed by atoms with Crippen molar-refractivity contribution < 1.29 is 14.3 Å². The van der Waals surface area contributed by atoms with Crippen LogP contribution in [0.15, 0.2) is 36.4 Å². The van der Waals surface area contributed by atoms with Crippen LogP contribution in [-0.4, -0.2) is 25.0 Å². The van der Waals surface area contributed by atoms with Crippen molar-refractivity contribution in [2.75, 3.05) is 12.1 Å². The molecule has 0 saturated heterocycles. The number of fused-ring (bicyclic) bond motifs is 1. The lowest BCUT2D eigenvalue weighted by atomic mass is 9.81. The molecule has 28 heavy (non-hydrogen) atoms. The summed E-state index contributed by atoms with van der Waals surface area (Å²) in [6, 6.07) is 10.5. The SMILES string of the molecule is COC(=O)[C@@H]1C[C@@H](c2ccc(CN)cc2)c2c(Cl)cc(Cl)cc2N1NC(C)=O. The molecule has 3 N–H and O–H groups in total. The van der Waals surface area contributed by atoms with E-state index in [1.807, 2.05) is 24.3 Å². The van der Waals surface area contributed by atoms with Gasteiger partial charge in [0.2, 0.25) is 5.91 Å². The van der Waals surface area contributed by atoms with Gasteiger partial charge in [-0.25, -0.2) is 4.79 Å². The Morgan fingerprint density at radius 1 is 1.25 bits per heavy atom. The first-order valence-electron chi connectivity index (χ1n) is 8.77. The van der Waals surface area contributed by atoms with E-state index in [1.165, 1.54) is 19.0 Å². The summed E-state index contributed by atoms with van der Waals surface area (Å²) < 4.78 is 4.98. The number of hydrogen-bond donors (Lipinski definition) is 2. The van der Waals surface area contributed by atoms with Crippen molar-refractivity contribution in [2.24, 2.45) is 5.73 Å². The highest BCUT2D eigenvalue weighted by Gasteiger charge is 2.40. The summed E-state index contributed by atoms with van der Waals surface area (Å²) in [6.45, 7) is 1.82. The summed E-state index contributed by atoms with van der Waals surface area (Å²) in [6.07, 6.45) is 0.378. The van der Waals surface area contributed by atoms with Gasteiger partial charge < -0.3 is 10.5 Å². The molecule has 2 aromatic carbocycles. The standard InChI is InChI=1S/C20H21Cl2N3O3/c1-11(26)24-25-17-8-14(21)7-16(22)19(17)15(9-18(25)20(27)28-2)13-5-3-12(10-23)4-6-13/h3-8,15,18H,9-10,23H2,1-2H3,(H,24,26)/t15-,18-/m0/s1. The number of carbonyl (C=O) groups excluding carboxylic acids is 2. The van der Waals surface area contributed by atoms with Gasteiger partial charge in [0, 0.05) is 35.0 Å². The molecule has 6 nitrogen and oxygen atoms in total. The number of carbonyl (C=O) groups is 2. The molecule has 2 aromatic rings. The van der Waals surface area contributed by atoms with Gasteiger partial charge in [-0.1, -0.05) is 47.5 Å². The fraction of sp³-hybridized carbons (Fsp3) is 0.300. The second-order valence-electron chi connectivity index (χ2n) is 6.63. The number of esters is 1. The van der Waals surface area contributed by atoms with Crippen LogP contribution in [-0.2, 0) is 20.9 Å². The third-order valence-corrected chi connectivity index (χ3v) is 5.35. The fourth-order valence-corrected chi connectivity index (χ4v) is 4.18. The van der Waals surface area contributed by atoms with E-state index in [9.17, 15) is 9.59 Å². The van der Waals surface area contributed by atoms with Crippen LogP contribution in [0.4, 0.5) is 5.69 Å². The molecule has 0 radical (unpaired) electrons. The second-order valence-corrected chi connectivity index (χ2v) is 7.47. The predicted octanol–water partition coefficient (Wildman–Crippen LogP) is 3.39. The Balaban J connectivity index is 2.18. The van der Waals surface area contributed by atoms with Gasteiger partial charge in [0.05, 0.1) is 12.8 Å². The van der Waals surface area contributed by atoms with Crippen LogP contribution in [0.5, 0.6) is 0 Å². The summed E-state index contributed by atoms with van der Waals surface area (Å²) in [7, 11) is 1.32. The van der Waals surface area contributed by atoms with Crippen LogP contribution in [0.3, 0.4) is 0 Å². The lowest BCUT2D eigenvalue weighted by molar-refractivity contribution is -0.142. The van der Waals surface area contributed by atoms with E-state index in [2.05, 4.69) is 5.43 Å². The van der Waals surface area contributed by atoms with Crippen molar-refractivity contribution in [3.8, 4) is 0 Å². The maximum absolute atomic E-state index is 12.5. The van der Waals surface area contributed by atoms with Crippen LogP contribution in [0.25, 0.3) is 0 Å². The number of nitrogens with zero attached hydrogens (tertiary/aromatic N) is 1. The van der Waals surface area contributed by atoms with E-state index >= 15 is 0 Å². The van der Waals surface area contributed by atoms with Crippen molar-refractivity contribution in [3.63, 3.8) is 0 Å². The molecule has 1 amide bonds. The van der Waals surface area contributed by atoms with Crippen LogP contribution >= 0.6 is 23.2 Å². The lowest BCUT2D eigenvalue weighted by Gasteiger charge is -2.41. The topological polar surface area (TPSA) is 84.7 Å². The minimum Gasteiger partial charge on any atom is -0.467 e. The highest BCUT2D eigenvalue weighted by molar-refractivity contribution is 6.35. The van der Waals surface area contributed by atoms with Gasteiger partial charge in [-0.3, -0.25) is 15.2 Å². The number of rotatable bonds is 4. The van der Waals surface area contributed by atoms with E-state index < -0.39 is 12.0 Å². The molecule has 1 heterocycles. The molecule has 0 aromatic heterocycles. The van der Waals surface area contributed by atoms with E-state index in [0.29, 0.717) is 28.7 Å². The number of anilines is 1. The first kappa shape index (κ1) is 20.5. The Hall–Kier alpha value is -2.28. The maximum Gasteiger partial charge on any atom is 0.330 e. The third kappa shape index (κ3) is 3.94. The molecular formula is C20H21Cl2N3O3. The Morgan fingerprint density at radius 2 is 1.93 bits per heavy atom. The zero-order valence-corrected chi connectivity index (χ0v) is 17.1. The fourth-order valence-electron chi connectivity index (χ4n) is 3.56. The lowest BCUT2D eigenvalue weighted by Crippen LogP contribution is -2.55. The van der Waals surface area contributed by atoms with Crippen molar-refractivity contribution in [3.05, 3.63) is 63.1 Å². The molecule has 1 aliphatic rings. The van der Waals surface area contributed by atoms with Gasteiger partial charge in [0.25, 0.3) is 0 Å². The quantitative estimate of drug-likeness (QED) is 0.738. The number of ether oxygens (including phenoxy) is 1. The summed E-state index contributed by atoms with van der Waals surface area (Å²) in [5.41, 5.74) is 11.8. The van der Waals surface area contributed by atoms with E-state index in [1.54, 1.807) is 12.1 Å². The third-order valence-electron chi connectivity index (χ3n) is 4.82. The smallest absolute Gasteiger partial charge is 0.330 e. The number of hydrogen-bond acceptors (Lipinski definition) is 5. The monoisotopic (exact) mass is 421 g/mol. The zero-order chi connectivity index (χ0) is 20.4. The summed E-state index contributed by atoms with van der Waals surface area (Å²) >= 11 is 12.8. The highest BCUT2D eigenvalue weighted by atomic mass is 35.5. The van der Waals surface area contributed by atoms with Crippen LogP contribution in [0, 0.1) is 0 Å². The first-order valence-corrected chi connectivity index (χ1v) is 9.53. The van der Waals surface area contributed by atoms with E-state index in [-0.39, 0.29) is 11.8 Å². The predicted molar refractivity (Wildman–Crippen MR) is 109 cm³/mol. The number of methoxy groups -OCH3 is 1. The minimum atomic E-state index is -0.727. The maximum atomic E-state index is 12.5. The molecule has 0 saturated carbocycles. The number of halogens is 2. The minimum absolute atomic E-state index is 0.180. The number of benzene rings is 2. The molecule has 0 fully saturated rings. The van der Waals surface area contributed by atoms with Gasteiger partial charge in [0.1, 0.15) is 6.04 Å². The molecule has 0 spiro atoms. The van der Waals surface area contributed by atoms with Crippen molar-refractivity contribution in [1.82, 2.24) is 5.43 Å². The average molecular weight is 422 g/mol. The average Bonchev–Trinajstić information content (AvgIpc) is 2.67.